The second-order valence-electron chi connectivity index (χ2n) is 4.22. The zero-order chi connectivity index (χ0) is 14.5. The molecule has 1 atom stereocenters. The molecule has 0 spiro atoms. The van der Waals surface area contributed by atoms with Crippen LogP contribution in [0.15, 0.2) is 53.0 Å². The molecule has 104 valence electrons. The largest absolute Gasteiger partial charge is 0.344 e. The Morgan fingerprint density at radius 2 is 1.90 bits per heavy atom. The normalized spacial score (nSPS) is 11.9. The number of halogens is 3. The fourth-order valence-corrected chi connectivity index (χ4v) is 2.90. The molecule has 0 saturated heterocycles. The lowest BCUT2D eigenvalue weighted by molar-refractivity contribution is 0.0941. The third-order valence-corrected chi connectivity index (χ3v) is 4.30. The molecular weight excluding hydrogens is 405 g/mol. The molecule has 2 nitrogen and oxygen atoms in total. The van der Waals surface area contributed by atoms with Gasteiger partial charge in [0.1, 0.15) is 0 Å². The first-order chi connectivity index (χ1) is 9.61. The lowest BCUT2D eigenvalue weighted by Gasteiger charge is -2.17. The third-order valence-electron chi connectivity index (χ3n) is 2.83. The van der Waals surface area contributed by atoms with Gasteiger partial charge in [-0.25, -0.2) is 0 Å². The minimum absolute atomic E-state index is 0.0984. The molecule has 5 heteroatoms. The molecule has 20 heavy (non-hydrogen) atoms. The zero-order valence-corrected chi connectivity index (χ0v) is 14.4. The van der Waals surface area contributed by atoms with Crippen LogP contribution >= 0.6 is 43.5 Å². The number of benzene rings is 2. The maximum Gasteiger partial charge on any atom is 0.253 e. The molecule has 2 aromatic carbocycles. The van der Waals surface area contributed by atoms with Crippen LogP contribution < -0.4 is 5.32 Å². The predicted molar refractivity (Wildman–Crippen MR) is 89.6 cm³/mol. The fourth-order valence-electron chi connectivity index (χ4n) is 1.80. The second kappa shape index (κ2) is 7.25. The smallest absolute Gasteiger partial charge is 0.253 e. The first-order valence-corrected chi connectivity index (χ1v) is 8.28. The van der Waals surface area contributed by atoms with Crippen molar-refractivity contribution in [2.45, 2.75) is 6.04 Å². The maximum absolute atomic E-state index is 12.3. The van der Waals surface area contributed by atoms with Gasteiger partial charge in [-0.1, -0.05) is 73.8 Å². The van der Waals surface area contributed by atoms with E-state index in [1.54, 1.807) is 18.2 Å². The zero-order valence-electron chi connectivity index (χ0n) is 10.4. The van der Waals surface area contributed by atoms with E-state index in [4.69, 9.17) is 11.6 Å². The average Bonchev–Trinajstić information content (AvgIpc) is 2.48. The van der Waals surface area contributed by atoms with Crippen molar-refractivity contribution < 1.29 is 4.79 Å². The van der Waals surface area contributed by atoms with E-state index in [0.29, 0.717) is 15.9 Å². The molecule has 0 fully saturated rings. The molecule has 0 aliphatic heterocycles. The van der Waals surface area contributed by atoms with Gasteiger partial charge in [-0.3, -0.25) is 4.79 Å². The highest BCUT2D eigenvalue weighted by Gasteiger charge is 2.16. The highest BCUT2D eigenvalue weighted by molar-refractivity contribution is 9.10. The summed E-state index contributed by atoms with van der Waals surface area (Å²) in [5, 5.41) is 4.05. The molecular formula is C15H12Br2ClNO. The standard InChI is InChI=1S/C15H12Br2ClNO/c16-9-14(10-4-2-1-3-5-10)19-15(20)12-8-11(17)6-7-13(12)18/h1-8,14H,9H2,(H,19,20). The minimum atomic E-state index is -0.190. The molecule has 0 aromatic heterocycles. The van der Waals surface area contributed by atoms with E-state index < -0.39 is 0 Å². The van der Waals surface area contributed by atoms with Crippen LogP contribution in [0.3, 0.4) is 0 Å². The van der Waals surface area contributed by atoms with Gasteiger partial charge in [-0.05, 0) is 23.8 Å². The highest BCUT2D eigenvalue weighted by atomic mass is 79.9. The summed E-state index contributed by atoms with van der Waals surface area (Å²) in [7, 11) is 0. The first kappa shape index (κ1) is 15.5. The fraction of sp³-hybridized carbons (Fsp3) is 0.133. The van der Waals surface area contributed by atoms with E-state index in [0.717, 1.165) is 10.0 Å². The topological polar surface area (TPSA) is 29.1 Å². The maximum atomic E-state index is 12.3. The summed E-state index contributed by atoms with van der Waals surface area (Å²) >= 11 is 12.8. The third kappa shape index (κ3) is 3.84. The summed E-state index contributed by atoms with van der Waals surface area (Å²) in [6.45, 7) is 0. The molecule has 0 aliphatic rings. The molecule has 2 rings (SSSR count). The number of hydrogen-bond donors (Lipinski definition) is 1. The summed E-state index contributed by atoms with van der Waals surface area (Å²) in [4.78, 5) is 12.3. The van der Waals surface area contributed by atoms with Gasteiger partial charge in [0.2, 0.25) is 0 Å². The quantitative estimate of drug-likeness (QED) is 0.700. The van der Waals surface area contributed by atoms with Crippen molar-refractivity contribution in [3.05, 3.63) is 69.2 Å². The highest BCUT2D eigenvalue weighted by Crippen LogP contribution is 2.22. The van der Waals surface area contributed by atoms with E-state index >= 15 is 0 Å². The molecule has 1 amide bonds. The van der Waals surface area contributed by atoms with Gasteiger partial charge in [-0.15, -0.1) is 0 Å². The Morgan fingerprint density at radius 3 is 2.55 bits per heavy atom. The summed E-state index contributed by atoms with van der Waals surface area (Å²) in [5.74, 6) is -0.190. The summed E-state index contributed by atoms with van der Waals surface area (Å²) in [6, 6.07) is 14.9. The van der Waals surface area contributed by atoms with Crippen molar-refractivity contribution in [2.24, 2.45) is 0 Å². The molecule has 0 bridgehead atoms. The number of rotatable bonds is 4. The predicted octanol–water partition coefficient (Wildman–Crippen LogP) is 4.97. The number of carbonyl (C=O) groups excluding carboxylic acids is 1. The summed E-state index contributed by atoms with van der Waals surface area (Å²) < 4.78 is 0.821. The van der Waals surface area contributed by atoms with Crippen LogP contribution in [0.1, 0.15) is 22.0 Å². The lowest BCUT2D eigenvalue weighted by atomic mass is 10.1. The van der Waals surface area contributed by atoms with Crippen LogP contribution in [0.4, 0.5) is 0 Å². The molecule has 0 aliphatic carbocycles. The Labute approximate surface area is 139 Å². The lowest BCUT2D eigenvalue weighted by Crippen LogP contribution is -2.29. The Kier molecular flexibility index (Phi) is 5.64. The van der Waals surface area contributed by atoms with Crippen molar-refractivity contribution in [3.63, 3.8) is 0 Å². The Morgan fingerprint density at radius 1 is 1.20 bits per heavy atom. The van der Waals surface area contributed by atoms with Gasteiger partial charge >= 0.3 is 0 Å². The van der Waals surface area contributed by atoms with Crippen molar-refractivity contribution in [3.8, 4) is 0 Å². The second-order valence-corrected chi connectivity index (χ2v) is 6.19. The van der Waals surface area contributed by atoms with Crippen LogP contribution in [-0.2, 0) is 0 Å². The van der Waals surface area contributed by atoms with Gasteiger partial charge in [0.25, 0.3) is 5.91 Å². The molecule has 0 radical (unpaired) electrons. The van der Waals surface area contributed by atoms with Crippen LogP contribution in [-0.4, -0.2) is 11.2 Å². The van der Waals surface area contributed by atoms with E-state index in [2.05, 4.69) is 37.2 Å². The van der Waals surface area contributed by atoms with Crippen LogP contribution in [0, 0.1) is 0 Å². The van der Waals surface area contributed by atoms with E-state index in [-0.39, 0.29) is 11.9 Å². The molecule has 2 aromatic rings. The van der Waals surface area contributed by atoms with Gasteiger partial charge in [0.05, 0.1) is 16.6 Å². The van der Waals surface area contributed by atoms with Crippen LogP contribution in [0.25, 0.3) is 0 Å². The monoisotopic (exact) mass is 415 g/mol. The van der Waals surface area contributed by atoms with Crippen LogP contribution in [0.5, 0.6) is 0 Å². The van der Waals surface area contributed by atoms with Crippen LogP contribution in [0.2, 0.25) is 5.02 Å². The molecule has 0 heterocycles. The van der Waals surface area contributed by atoms with Crippen molar-refractivity contribution >= 4 is 49.4 Å². The van der Waals surface area contributed by atoms with Crippen molar-refractivity contribution in [2.75, 3.05) is 5.33 Å². The molecule has 0 saturated carbocycles. The van der Waals surface area contributed by atoms with Crippen molar-refractivity contribution in [1.29, 1.82) is 0 Å². The van der Waals surface area contributed by atoms with E-state index in [1.165, 1.54) is 0 Å². The van der Waals surface area contributed by atoms with E-state index in [9.17, 15) is 4.79 Å². The number of nitrogens with one attached hydrogen (secondary N) is 1. The number of hydrogen-bond acceptors (Lipinski definition) is 1. The average molecular weight is 418 g/mol. The first-order valence-electron chi connectivity index (χ1n) is 5.98. The Balaban J connectivity index is 2.20. The molecule has 1 N–H and O–H groups in total. The number of amides is 1. The SMILES string of the molecule is O=C(NC(CBr)c1ccccc1)c1cc(Br)ccc1Cl. The number of carbonyl (C=O) groups is 1. The minimum Gasteiger partial charge on any atom is -0.344 e. The summed E-state index contributed by atoms with van der Waals surface area (Å²) in [6.07, 6.45) is 0. The van der Waals surface area contributed by atoms with Gasteiger partial charge < -0.3 is 5.32 Å². The van der Waals surface area contributed by atoms with Crippen molar-refractivity contribution in [1.82, 2.24) is 5.32 Å². The van der Waals surface area contributed by atoms with E-state index in [1.807, 2.05) is 30.3 Å². The van der Waals surface area contributed by atoms with Gasteiger partial charge in [-0.2, -0.15) is 0 Å². The van der Waals surface area contributed by atoms with Gasteiger partial charge in [0, 0.05) is 9.80 Å². The van der Waals surface area contributed by atoms with Gasteiger partial charge in [0.15, 0.2) is 0 Å². The molecule has 1 unspecified atom stereocenters. The Hall–Kier alpha value is -0.840. The Bertz CT molecular complexity index is 604. The summed E-state index contributed by atoms with van der Waals surface area (Å²) in [5.41, 5.74) is 1.51. The number of alkyl halides is 1.